The molecule has 5 heteroatoms. The van der Waals surface area contributed by atoms with E-state index >= 15 is 0 Å². The molecule has 1 saturated heterocycles. The highest BCUT2D eigenvalue weighted by Gasteiger charge is 2.43. The van der Waals surface area contributed by atoms with Gasteiger partial charge in [0.1, 0.15) is 6.04 Å². The van der Waals surface area contributed by atoms with Crippen molar-refractivity contribution in [3.63, 3.8) is 0 Å². The number of nitrogens with two attached hydrogens (primary N) is 1. The van der Waals surface area contributed by atoms with Crippen LogP contribution in [0.4, 0.5) is 5.69 Å². The van der Waals surface area contributed by atoms with Crippen molar-refractivity contribution in [3.05, 3.63) is 12.4 Å². The van der Waals surface area contributed by atoms with Gasteiger partial charge in [0.05, 0.1) is 17.9 Å². The number of hydrogen-bond acceptors (Lipinski definition) is 3. The largest absolute Gasteiger partial charge is 0.318 e. The van der Waals surface area contributed by atoms with Crippen molar-refractivity contribution in [2.75, 3.05) is 4.90 Å². The summed E-state index contributed by atoms with van der Waals surface area (Å²) in [5, 5.41) is 4.23. The first-order valence-corrected chi connectivity index (χ1v) is 5.76. The first kappa shape index (κ1) is 11.1. The predicted octanol–water partition coefficient (Wildman–Crippen LogP) is 0.746. The number of aromatic nitrogens is 2. The molecular weight excluding hydrogens is 204 g/mol. The second kappa shape index (κ2) is 4.25. The van der Waals surface area contributed by atoms with Crippen LogP contribution in [0.25, 0.3) is 0 Å². The van der Waals surface area contributed by atoms with Crippen molar-refractivity contribution in [2.24, 2.45) is 5.73 Å². The zero-order valence-corrected chi connectivity index (χ0v) is 9.76. The molecule has 88 valence electrons. The van der Waals surface area contributed by atoms with E-state index in [2.05, 4.69) is 12.0 Å². The zero-order valence-electron chi connectivity index (χ0n) is 9.76. The molecule has 0 spiro atoms. The summed E-state index contributed by atoms with van der Waals surface area (Å²) < 4.78 is 1.88. The molecule has 0 aromatic carbocycles. The number of β-lactam (4-membered cyclic amide) rings is 1. The quantitative estimate of drug-likeness (QED) is 0.764. The van der Waals surface area contributed by atoms with E-state index in [-0.39, 0.29) is 18.0 Å². The molecule has 2 heterocycles. The Hall–Kier alpha value is -1.36. The van der Waals surface area contributed by atoms with Crippen LogP contribution in [0.15, 0.2) is 12.4 Å². The molecule has 1 aromatic rings. The Bertz CT molecular complexity index is 387. The molecule has 2 rings (SSSR count). The summed E-state index contributed by atoms with van der Waals surface area (Å²) in [5.41, 5.74) is 6.52. The summed E-state index contributed by atoms with van der Waals surface area (Å²) in [5.74, 6) is -0.0115. The van der Waals surface area contributed by atoms with Gasteiger partial charge in [0.15, 0.2) is 0 Å². The summed E-state index contributed by atoms with van der Waals surface area (Å²) in [6, 6.07) is -0.268. The van der Waals surface area contributed by atoms with Crippen molar-refractivity contribution in [1.82, 2.24) is 9.78 Å². The third-order valence-corrected chi connectivity index (χ3v) is 3.09. The van der Waals surface area contributed by atoms with Crippen molar-refractivity contribution in [1.29, 1.82) is 0 Å². The number of rotatable bonds is 4. The number of amides is 1. The second-order valence-electron chi connectivity index (χ2n) is 4.29. The minimum atomic E-state index is -0.348. The third kappa shape index (κ3) is 1.71. The maximum absolute atomic E-state index is 11.6. The SMILES string of the molecule is CCCCn1cc(N2C(=O)[C@H](N)[C@H]2C)cn1. The van der Waals surface area contributed by atoms with E-state index in [1.54, 1.807) is 11.1 Å². The molecule has 0 aliphatic carbocycles. The van der Waals surface area contributed by atoms with Crippen LogP contribution >= 0.6 is 0 Å². The average molecular weight is 222 g/mol. The van der Waals surface area contributed by atoms with Gasteiger partial charge in [0.2, 0.25) is 5.91 Å². The lowest BCUT2D eigenvalue weighted by atomic mass is 9.97. The molecule has 1 amide bonds. The van der Waals surface area contributed by atoms with Gasteiger partial charge >= 0.3 is 0 Å². The van der Waals surface area contributed by atoms with E-state index in [1.165, 1.54) is 0 Å². The molecule has 1 fully saturated rings. The molecule has 0 bridgehead atoms. The second-order valence-corrected chi connectivity index (χ2v) is 4.29. The summed E-state index contributed by atoms with van der Waals surface area (Å²) >= 11 is 0. The zero-order chi connectivity index (χ0) is 11.7. The summed E-state index contributed by atoms with van der Waals surface area (Å²) in [6.07, 6.45) is 5.88. The summed E-state index contributed by atoms with van der Waals surface area (Å²) in [4.78, 5) is 13.3. The van der Waals surface area contributed by atoms with Crippen LogP contribution in [0.5, 0.6) is 0 Å². The van der Waals surface area contributed by atoms with Gasteiger partial charge in [-0.15, -0.1) is 0 Å². The average Bonchev–Trinajstić information content (AvgIpc) is 2.74. The lowest BCUT2D eigenvalue weighted by Gasteiger charge is -2.42. The summed E-state index contributed by atoms with van der Waals surface area (Å²) in [7, 11) is 0. The van der Waals surface area contributed by atoms with E-state index < -0.39 is 0 Å². The van der Waals surface area contributed by atoms with Crippen molar-refractivity contribution in [3.8, 4) is 0 Å². The normalized spacial score (nSPS) is 24.7. The highest BCUT2D eigenvalue weighted by atomic mass is 16.2. The van der Waals surface area contributed by atoms with Gasteiger partial charge in [-0.3, -0.25) is 9.48 Å². The number of nitrogens with zero attached hydrogens (tertiary/aromatic N) is 3. The Balaban J connectivity index is 2.05. The molecule has 0 unspecified atom stereocenters. The number of aryl methyl sites for hydroxylation is 1. The molecule has 16 heavy (non-hydrogen) atoms. The van der Waals surface area contributed by atoms with Crippen LogP contribution < -0.4 is 10.6 Å². The van der Waals surface area contributed by atoms with Gasteiger partial charge in [0.25, 0.3) is 0 Å². The first-order chi connectivity index (χ1) is 7.65. The Morgan fingerprint density at radius 3 is 2.94 bits per heavy atom. The van der Waals surface area contributed by atoms with Crippen LogP contribution in [-0.4, -0.2) is 27.8 Å². The fourth-order valence-electron chi connectivity index (χ4n) is 1.93. The van der Waals surface area contributed by atoms with Gasteiger partial charge in [0, 0.05) is 12.7 Å². The minimum absolute atomic E-state index is 0.0115. The lowest BCUT2D eigenvalue weighted by Crippen LogP contribution is -2.67. The number of unbranched alkanes of at least 4 members (excludes halogenated alkanes) is 1. The first-order valence-electron chi connectivity index (χ1n) is 5.76. The monoisotopic (exact) mass is 222 g/mol. The Morgan fingerprint density at radius 2 is 2.31 bits per heavy atom. The Labute approximate surface area is 95.2 Å². The van der Waals surface area contributed by atoms with E-state index in [0.717, 1.165) is 25.1 Å². The maximum Gasteiger partial charge on any atom is 0.246 e. The molecule has 1 aliphatic heterocycles. The predicted molar refractivity (Wildman–Crippen MR) is 62.1 cm³/mol. The topological polar surface area (TPSA) is 64.2 Å². The van der Waals surface area contributed by atoms with Gasteiger partial charge in [-0.05, 0) is 13.3 Å². The van der Waals surface area contributed by atoms with E-state index in [1.807, 2.05) is 17.8 Å². The number of carbonyl (C=O) groups excluding carboxylic acids is 1. The molecular formula is C11H18N4O. The van der Waals surface area contributed by atoms with Crippen LogP contribution in [-0.2, 0) is 11.3 Å². The van der Waals surface area contributed by atoms with Gasteiger partial charge in [-0.25, -0.2) is 0 Å². The van der Waals surface area contributed by atoms with E-state index in [0.29, 0.717) is 0 Å². The molecule has 0 radical (unpaired) electrons. The molecule has 0 saturated carbocycles. The van der Waals surface area contributed by atoms with Gasteiger partial charge in [-0.1, -0.05) is 13.3 Å². The number of anilines is 1. The van der Waals surface area contributed by atoms with Crippen molar-refractivity contribution < 1.29 is 4.79 Å². The molecule has 1 aromatic heterocycles. The highest BCUT2D eigenvalue weighted by molar-refractivity contribution is 6.05. The fraction of sp³-hybridized carbons (Fsp3) is 0.636. The van der Waals surface area contributed by atoms with Crippen LogP contribution in [0.3, 0.4) is 0 Å². The highest BCUT2D eigenvalue weighted by Crippen LogP contribution is 2.26. The van der Waals surface area contributed by atoms with Gasteiger partial charge < -0.3 is 10.6 Å². The van der Waals surface area contributed by atoms with Crippen LogP contribution in [0, 0.1) is 0 Å². The lowest BCUT2D eigenvalue weighted by molar-refractivity contribution is -0.125. The molecule has 1 aliphatic rings. The van der Waals surface area contributed by atoms with Crippen LogP contribution in [0.1, 0.15) is 26.7 Å². The molecule has 5 nitrogen and oxygen atoms in total. The van der Waals surface area contributed by atoms with Crippen LogP contribution in [0.2, 0.25) is 0 Å². The maximum atomic E-state index is 11.6. The third-order valence-electron chi connectivity index (χ3n) is 3.09. The van der Waals surface area contributed by atoms with Crippen molar-refractivity contribution >= 4 is 11.6 Å². The molecule has 2 N–H and O–H groups in total. The Kier molecular flexibility index (Phi) is 2.96. The molecule has 2 atom stereocenters. The van der Waals surface area contributed by atoms with E-state index in [4.69, 9.17) is 5.73 Å². The minimum Gasteiger partial charge on any atom is -0.318 e. The Morgan fingerprint density at radius 1 is 1.56 bits per heavy atom. The smallest absolute Gasteiger partial charge is 0.246 e. The number of carbonyl (C=O) groups is 1. The summed E-state index contributed by atoms with van der Waals surface area (Å²) in [6.45, 7) is 5.00. The van der Waals surface area contributed by atoms with Gasteiger partial charge in [-0.2, -0.15) is 5.10 Å². The van der Waals surface area contributed by atoms with E-state index in [9.17, 15) is 4.79 Å². The standard InChI is InChI=1S/C11H18N4O/c1-3-4-5-14-7-9(6-13-14)15-8(2)10(12)11(15)16/h6-8,10H,3-5,12H2,1-2H3/t8-,10-/m1/s1. The number of hydrogen-bond donors (Lipinski definition) is 1. The van der Waals surface area contributed by atoms with Crippen molar-refractivity contribution in [2.45, 2.75) is 45.3 Å². The fourth-order valence-corrected chi connectivity index (χ4v) is 1.93.